The van der Waals surface area contributed by atoms with Crippen molar-refractivity contribution < 1.29 is 27.6 Å². The molecular weight excluding hydrogens is 412 g/mol. The Balaban J connectivity index is 1.91. The Bertz CT molecular complexity index is 976. The van der Waals surface area contributed by atoms with Crippen molar-refractivity contribution in [3.05, 3.63) is 63.2 Å². The first-order valence-corrected chi connectivity index (χ1v) is 9.71. The van der Waals surface area contributed by atoms with Crippen LogP contribution in [0.2, 0.25) is 5.02 Å². The van der Waals surface area contributed by atoms with E-state index in [0.29, 0.717) is 5.75 Å². The van der Waals surface area contributed by atoms with Crippen molar-refractivity contribution in [2.24, 2.45) is 0 Å². The van der Waals surface area contributed by atoms with E-state index in [1.165, 1.54) is 50.5 Å². The molecule has 0 spiro atoms. The summed E-state index contributed by atoms with van der Waals surface area (Å²) in [4.78, 5) is 22.4. The first-order chi connectivity index (χ1) is 13.1. The zero-order valence-electron chi connectivity index (χ0n) is 15.0. The smallest absolute Gasteiger partial charge is 0.345 e. The monoisotopic (exact) mass is 428 g/mol. The van der Waals surface area contributed by atoms with Crippen LogP contribution in [0.25, 0.3) is 0 Å². The number of hydrogen-bond donors (Lipinski definition) is 0. The predicted octanol–water partition coefficient (Wildman–Crippen LogP) is 2.73. The van der Waals surface area contributed by atoms with Crippen LogP contribution in [0.4, 0.5) is 5.69 Å². The van der Waals surface area contributed by atoms with Crippen molar-refractivity contribution in [1.29, 1.82) is 0 Å². The van der Waals surface area contributed by atoms with Crippen LogP contribution in [0, 0.1) is 10.1 Å². The number of nitrogens with zero attached hydrogens (tertiary/aromatic N) is 2. The first-order valence-electron chi connectivity index (χ1n) is 7.89. The molecule has 0 aliphatic carbocycles. The van der Waals surface area contributed by atoms with Crippen LogP contribution in [-0.2, 0) is 14.8 Å². The van der Waals surface area contributed by atoms with Crippen molar-refractivity contribution in [3.63, 3.8) is 0 Å². The highest BCUT2D eigenvalue weighted by molar-refractivity contribution is 7.89. The van der Waals surface area contributed by atoms with Crippen LogP contribution in [0.5, 0.6) is 5.75 Å². The minimum absolute atomic E-state index is 0.0209. The quantitative estimate of drug-likeness (QED) is 0.274. The lowest BCUT2D eigenvalue weighted by Crippen LogP contribution is -2.22. The second kappa shape index (κ2) is 9.00. The van der Waals surface area contributed by atoms with Crippen LogP contribution in [0.3, 0.4) is 0 Å². The minimum atomic E-state index is -3.53. The van der Waals surface area contributed by atoms with Crippen LogP contribution >= 0.6 is 11.6 Å². The summed E-state index contributed by atoms with van der Waals surface area (Å²) in [6, 6.07) is 9.38. The van der Waals surface area contributed by atoms with E-state index in [9.17, 15) is 23.3 Å². The summed E-state index contributed by atoms with van der Waals surface area (Å²) in [5.74, 6) is -0.495. The van der Waals surface area contributed by atoms with Crippen LogP contribution in [-0.4, -0.2) is 50.9 Å². The van der Waals surface area contributed by atoms with E-state index in [2.05, 4.69) is 0 Å². The van der Waals surface area contributed by atoms with Gasteiger partial charge in [-0.05, 0) is 36.4 Å². The summed E-state index contributed by atoms with van der Waals surface area (Å²) < 4.78 is 35.4. The molecule has 2 aromatic carbocycles. The Hall–Kier alpha value is -2.69. The fourth-order valence-electron chi connectivity index (χ4n) is 2.12. The largest absolute Gasteiger partial charge is 0.490 e. The fraction of sp³-hybridized carbons (Fsp3) is 0.235. The van der Waals surface area contributed by atoms with E-state index < -0.39 is 26.6 Å². The summed E-state index contributed by atoms with van der Waals surface area (Å²) in [6.07, 6.45) is 0. The molecule has 2 rings (SSSR count). The van der Waals surface area contributed by atoms with Gasteiger partial charge in [-0.15, -0.1) is 0 Å². The van der Waals surface area contributed by atoms with E-state index in [1.807, 2.05) is 0 Å². The van der Waals surface area contributed by atoms with Crippen molar-refractivity contribution in [3.8, 4) is 5.75 Å². The molecule has 9 nitrogen and oxygen atoms in total. The molecule has 0 saturated carbocycles. The van der Waals surface area contributed by atoms with Gasteiger partial charge in [-0.1, -0.05) is 11.6 Å². The summed E-state index contributed by atoms with van der Waals surface area (Å²) >= 11 is 5.70. The number of rotatable bonds is 8. The highest BCUT2D eigenvalue weighted by atomic mass is 35.5. The van der Waals surface area contributed by atoms with Crippen molar-refractivity contribution in [2.45, 2.75) is 4.90 Å². The molecule has 28 heavy (non-hydrogen) atoms. The van der Waals surface area contributed by atoms with Gasteiger partial charge in [-0.3, -0.25) is 10.1 Å². The highest BCUT2D eigenvalue weighted by Gasteiger charge is 2.22. The minimum Gasteiger partial charge on any atom is -0.490 e. The molecule has 0 bridgehead atoms. The van der Waals surface area contributed by atoms with E-state index in [4.69, 9.17) is 21.1 Å². The lowest BCUT2D eigenvalue weighted by Gasteiger charge is -2.12. The molecule has 0 N–H and O–H groups in total. The van der Waals surface area contributed by atoms with Crippen LogP contribution in [0.1, 0.15) is 10.4 Å². The van der Waals surface area contributed by atoms with Gasteiger partial charge >= 0.3 is 5.97 Å². The van der Waals surface area contributed by atoms with Gasteiger partial charge in [-0.2, -0.15) is 0 Å². The van der Waals surface area contributed by atoms with Gasteiger partial charge in [0.05, 0.1) is 9.82 Å². The molecule has 0 heterocycles. The third kappa shape index (κ3) is 5.18. The van der Waals surface area contributed by atoms with Crippen molar-refractivity contribution in [1.82, 2.24) is 4.31 Å². The third-order valence-corrected chi connectivity index (χ3v) is 5.63. The number of ether oxygens (including phenoxy) is 2. The van der Waals surface area contributed by atoms with Crippen molar-refractivity contribution in [2.75, 3.05) is 27.3 Å². The second-order valence-corrected chi connectivity index (χ2v) is 8.25. The second-order valence-electron chi connectivity index (χ2n) is 5.66. The maximum Gasteiger partial charge on any atom is 0.345 e. The summed E-state index contributed by atoms with van der Waals surface area (Å²) in [5.41, 5.74) is -0.663. The van der Waals surface area contributed by atoms with Crippen LogP contribution < -0.4 is 4.74 Å². The Labute approximate surface area is 166 Å². The SMILES string of the molecule is CN(C)S(=O)(=O)c1ccc(OCCOC(=O)c2ccc(Cl)cc2[N+](=O)[O-])cc1. The van der Waals surface area contributed by atoms with Gasteiger partial charge in [0.25, 0.3) is 5.69 Å². The molecule has 2 aromatic rings. The summed E-state index contributed by atoms with van der Waals surface area (Å²) in [6.45, 7) is -0.177. The van der Waals surface area contributed by atoms with Gasteiger partial charge in [0.2, 0.25) is 10.0 Å². The number of sulfonamides is 1. The number of carbonyl (C=O) groups is 1. The predicted molar refractivity (Wildman–Crippen MR) is 101 cm³/mol. The van der Waals surface area contributed by atoms with E-state index in [-0.39, 0.29) is 28.7 Å². The number of esters is 1. The van der Waals surface area contributed by atoms with Gasteiger partial charge in [0.1, 0.15) is 24.5 Å². The molecule has 0 aliphatic heterocycles. The maximum atomic E-state index is 12.0. The first kappa shape index (κ1) is 21.6. The molecule has 0 radical (unpaired) electrons. The number of carbonyl (C=O) groups excluding carboxylic acids is 1. The zero-order chi connectivity index (χ0) is 20.9. The Kier molecular flexibility index (Phi) is 6.95. The molecule has 11 heteroatoms. The molecule has 0 saturated heterocycles. The number of halogens is 1. The molecule has 0 amide bonds. The zero-order valence-corrected chi connectivity index (χ0v) is 16.6. The summed E-state index contributed by atoms with van der Waals surface area (Å²) in [5, 5.41) is 11.1. The number of benzene rings is 2. The average Bonchev–Trinajstić information content (AvgIpc) is 2.65. The van der Waals surface area contributed by atoms with E-state index in [1.54, 1.807) is 0 Å². The third-order valence-electron chi connectivity index (χ3n) is 3.56. The normalized spacial score (nSPS) is 11.3. The van der Waals surface area contributed by atoms with Gasteiger partial charge in [0, 0.05) is 25.2 Å². The Morgan fingerprint density at radius 1 is 1.14 bits per heavy atom. The molecule has 0 aliphatic rings. The maximum absolute atomic E-state index is 12.0. The van der Waals surface area contributed by atoms with E-state index in [0.717, 1.165) is 10.4 Å². The lowest BCUT2D eigenvalue weighted by atomic mass is 10.2. The summed E-state index contributed by atoms with van der Waals surface area (Å²) in [7, 11) is -0.672. The Morgan fingerprint density at radius 2 is 1.79 bits per heavy atom. The fourth-order valence-corrected chi connectivity index (χ4v) is 3.19. The van der Waals surface area contributed by atoms with Crippen molar-refractivity contribution >= 4 is 33.3 Å². The molecular formula is C17H17ClN2O7S. The molecule has 0 fully saturated rings. The standard InChI is InChI=1S/C17H17ClN2O7S/c1-19(2)28(24,25)14-6-4-13(5-7-14)26-9-10-27-17(21)15-8-3-12(18)11-16(15)20(22)23/h3-8,11H,9-10H2,1-2H3. The number of hydrogen-bond acceptors (Lipinski definition) is 7. The highest BCUT2D eigenvalue weighted by Crippen LogP contribution is 2.24. The molecule has 0 atom stereocenters. The van der Waals surface area contributed by atoms with Gasteiger partial charge in [-0.25, -0.2) is 17.5 Å². The molecule has 0 aromatic heterocycles. The Morgan fingerprint density at radius 3 is 2.36 bits per heavy atom. The average molecular weight is 429 g/mol. The lowest BCUT2D eigenvalue weighted by molar-refractivity contribution is -0.385. The van der Waals surface area contributed by atoms with Gasteiger partial charge < -0.3 is 9.47 Å². The van der Waals surface area contributed by atoms with Gasteiger partial charge in [0.15, 0.2) is 0 Å². The topological polar surface area (TPSA) is 116 Å². The van der Waals surface area contributed by atoms with E-state index >= 15 is 0 Å². The number of nitro groups is 1. The number of nitro benzene ring substituents is 1. The molecule has 0 unspecified atom stereocenters. The van der Waals surface area contributed by atoms with Crippen LogP contribution in [0.15, 0.2) is 47.4 Å². The molecule has 150 valence electrons.